The van der Waals surface area contributed by atoms with Crippen molar-refractivity contribution in [3.63, 3.8) is 0 Å². The molecule has 0 saturated carbocycles. The van der Waals surface area contributed by atoms with Gasteiger partial charge in [0.15, 0.2) is 11.5 Å². The molecular formula is C23H23F3N4O3. The summed E-state index contributed by atoms with van der Waals surface area (Å²) in [6.07, 6.45) is 0.208. The quantitative estimate of drug-likeness (QED) is 0.596. The number of ether oxygens (including phenoxy) is 2. The van der Waals surface area contributed by atoms with Gasteiger partial charge in [0.2, 0.25) is 0 Å². The lowest BCUT2D eigenvalue weighted by Gasteiger charge is -2.40. The molecule has 1 aromatic heterocycles. The molecule has 3 aromatic rings. The zero-order valence-electron chi connectivity index (χ0n) is 17.9. The van der Waals surface area contributed by atoms with E-state index in [2.05, 4.69) is 24.5 Å². The van der Waals surface area contributed by atoms with Crippen molar-refractivity contribution >= 4 is 5.82 Å². The Kier molecular flexibility index (Phi) is 6.55. The van der Waals surface area contributed by atoms with E-state index in [0.717, 1.165) is 11.4 Å². The van der Waals surface area contributed by atoms with Gasteiger partial charge in [-0.2, -0.15) is 0 Å². The third-order valence-electron chi connectivity index (χ3n) is 5.53. The number of methoxy groups -OCH3 is 1. The van der Waals surface area contributed by atoms with E-state index in [4.69, 9.17) is 4.74 Å². The molecule has 1 fully saturated rings. The van der Waals surface area contributed by atoms with Gasteiger partial charge in [-0.05, 0) is 23.8 Å². The number of hydrogen-bond acceptors (Lipinski definition) is 7. The number of hydrogen-bond donors (Lipinski definition) is 1. The number of phenols is 1. The van der Waals surface area contributed by atoms with E-state index in [-0.39, 0.29) is 11.5 Å². The van der Waals surface area contributed by atoms with Crippen LogP contribution in [-0.4, -0.2) is 59.6 Å². The number of para-hydroxylation sites is 1. The van der Waals surface area contributed by atoms with Crippen LogP contribution >= 0.6 is 0 Å². The van der Waals surface area contributed by atoms with Crippen molar-refractivity contribution < 1.29 is 27.8 Å². The minimum Gasteiger partial charge on any atom is -0.504 e. The number of benzene rings is 2. The van der Waals surface area contributed by atoms with E-state index in [9.17, 15) is 18.3 Å². The van der Waals surface area contributed by atoms with Crippen molar-refractivity contribution in [2.45, 2.75) is 12.4 Å². The normalized spacial score (nSPS) is 15.8. The van der Waals surface area contributed by atoms with Gasteiger partial charge in [0, 0.05) is 44.1 Å². The van der Waals surface area contributed by atoms with Crippen molar-refractivity contribution in [1.29, 1.82) is 0 Å². The molecule has 1 atom stereocenters. The topological polar surface area (TPSA) is 71.0 Å². The molecule has 2 aromatic carbocycles. The fourth-order valence-corrected chi connectivity index (χ4v) is 4.03. The Morgan fingerprint density at radius 2 is 1.73 bits per heavy atom. The Bertz CT molecular complexity index is 1060. The van der Waals surface area contributed by atoms with Crippen LogP contribution in [0.15, 0.2) is 61.1 Å². The van der Waals surface area contributed by atoms with Gasteiger partial charge in [0.25, 0.3) is 0 Å². The van der Waals surface area contributed by atoms with Gasteiger partial charge in [-0.3, -0.25) is 9.88 Å². The van der Waals surface area contributed by atoms with Crippen LogP contribution in [-0.2, 0) is 0 Å². The van der Waals surface area contributed by atoms with Gasteiger partial charge in [0.05, 0.1) is 19.3 Å². The van der Waals surface area contributed by atoms with Crippen LogP contribution in [0.25, 0.3) is 0 Å². The van der Waals surface area contributed by atoms with Gasteiger partial charge in [-0.25, -0.2) is 4.98 Å². The maximum Gasteiger partial charge on any atom is 0.573 e. The van der Waals surface area contributed by atoms with Crippen molar-refractivity contribution in [1.82, 2.24) is 14.9 Å². The molecule has 0 spiro atoms. The number of rotatable bonds is 6. The van der Waals surface area contributed by atoms with Crippen LogP contribution in [0.4, 0.5) is 19.0 Å². The standard InChI is InChI=1S/C23H23F3N4O3/c1-32-19-4-2-3-18(22(19)31)21(16-5-7-17(8-6-16)33-23(24,25)26)30-13-11-29(12-14-30)20-15-27-9-10-28-20/h2-10,15,21,31H,11-14H2,1H3. The van der Waals surface area contributed by atoms with E-state index in [1.54, 1.807) is 48.9 Å². The summed E-state index contributed by atoms with van der Waals surface area (Å²) in [7, 11) is 1.47. The van der Waals surface area contributed by atoms with Crippen LogP contribution in [0.1, 0.15) is 17.2 Å². The summed E-state index contributed by atoms with van der Waals surface area (Å²) < 4.78 is 47.0. The number of anilines is 1. The van der Waals surface area contributed by atoms with Crippen molar-refractivity contribution in [2.24, 2.45) is 0 Å². The Hall–Kier alpha value is -3.53. The molecule has 174 valence electrons. The Morgan fingerprint density at radius 1 is 1.00 bits per heavy atom. The van der Waals surface area contributed by atoms with Gasteiger partial charge in [-0.15, -0.1) is 13.2 Å². The molecule has 1 N–H and O–H groups in total. The van der Waals surface area contributed by atoms with E-state index in [0.29, 0.717) is 37.5 Å². The number of nitrogens with zero attached hydrogens (tertiary/aromatic N) is 4. The summed E-state index contributed by atoms with van der Waals surface area (Å²) in [5, 5.41) is 10.8. The van der Waals surface area contributed by atoms with Crippen LogP contribution in [0.5, 0.6) is 17.2 Å². The fraction of sp³-hybridized carbons (Fsp3) is 0.304. The smallest absolute Gasteiger partial charge is 0.504 e. The first kappa shape index (κ1) is 22.7. The summed E-state index contributed by atoms with van der Waals surface area (Å²) in [6.45, 7) is 2.63. The molecule has 0 aliphatic carbocycles. The monoisotopic (exact) mass is 460 g/mol. The number of phenolic OH excluding ortho intramolecular Hbond substituents is 1. The second-order valence-corrected chi connectivity index (χ2v) is 7.50. The summed E-state index contributed by atoms with van der Waals surface area (Å²) >= 11 is 0. The molecule has 33 heavy (non-hydrogen) atoms. The van der Waals surface area contributed by atoms with Crippen molar-refractivity contribution in [2.75, 3.05) is 38.2 Å². The Labute approximate surface area is 189 Å². The molecule has 0 radical (unpaired) electrons. The predicted octanol–water partition coefficient (Wildman–Crippen LogP) is 4.00. The number of aromatic hydroxyl groups is 1. The number of alkyl halides is 3. The van der Waals surface area contributed by atoms with Crippen LogP contribution in [0, 0.1) is 0 Å². The number of piperazine rings is 1. The SMILES string of the molecule is COc1cccc(C(c2ccc(OC(F)(F)F)cc2)N2CCN(c3cnccn3)CC2)c1O. The highest BCUT2D eigenvalue weighted by Gasteiger charge is 2.32. The largest absolute Gasteiger partial charge is 0.573 e. The summed E-state index contributed by atoms with van der Waals surface area (Å²) in [4.78, 5) is 12.7. The number of halogens is 3. The lowest BCUT2D eigenvalue weighted by molar-refractivity contribution is -0.274. The molecule has 1 unspecified atom stereocenters. The molecule has 4 rings (SSSR count). The molecule has 0 bridgehead atoms. The summed E-state index contributed by atoms with van der Waals surface area (Å²) in [6, 6.07) is 10.5. The lowest BCUT2D eigenvalue weighted by Crippen LogP contribution is -2.48. The molecule has 7 nitrogen and oxygen atoms in total. The van der Waals surface area contributed by atoms with Gasteiger partial charge in [0.1, 0.15) is 11.6 Å². The average molecular weight is 460 g/mol. The zero-order chi connectivity index (χ0) is 23.4. The first-order chi connectivity index (χ1) is 15.9. The summed E-state index contributed by atoms with van der Waals surface area (Å²) in [5.41, 5.74) is 1.33. The number of aromatic nitrogens is 2. The predicted molar refractivity (Wildman–Crippen MR) is 115 cm³/mol. The second kappa shape index (κ2) is 9.53. The molecule has 1 saturated heterocycles. The molecule has 0 amide bonds. The molecule has 10 heteroatoms. The Morgan fingerprint density at radius 3 is 2.33 bits per heavy atom. The minimum atomic E-state index is -4.76. The van der Waals surface area contributed by atoms with Crippen LogP contribution in [0.3, 0.4) is 0 Å². The Balaban J connectivity index is 1.63. The highest BCUT2D eigenvalue weighted by molar-refractivity contribution is 5.50. The lowest BCUT2D eigenvalue weighted by atomic mass is 9.95. The highest BCUT2D eigenvalue weighted by atomic mass is 19.4. The molecule has 1 aliphatic heterocycles. The third kappa shape index (κ3) is 5.28. The summed E-state index contributed by atoms with van der Waals surface area (Å²) in [5.74, 6) is 0.809. The highest BCUT2D eigenvalue weighted by Crippen LogP contribution is 2.40. The van der Waals surface area contributed by atoms with E-state index >= 15 is 0 Å². The van der Waals surface area contributed by atoms with Crippen molar-refractivity contribution in [3.8, 4) is 17.2 Å². The first-order valence-corrected chi connectivity index (χ1v) is 10.3. The van der Waals surface area contributed by atoms with E-state index in [1.165, 1.54) is 19.2 Å². The van der Waals surface area contributed by atoms with E-state index in [1.807, 2.05) is 0 Å². The molecule has 2 heterocycles. The molecular weight excluding hydrogens is 437 g/mol. The van der Waals surface area contributed by atoms with Crippen LogP contribution < -0.4 is 14.4 Å². The third-order valence-corrected chi connectivity index (χ3v) is 5.53. The second-order valence-electron chi connectivity index (χ2n) is 7.50. The fourth-order valence-electron chi connectivity index (χ4n) is 4.03. The average Bonchev–Trinajstić information content (AvgIpc) is 2.81. The maximum atomic E-state index is 12.6. The van der Waals surface area contributed by atoms with Crippen molar-refractivity contribution in [3.05, 3.63) is 72.2 Å². The van der Waals surface area contributed by atoms with Gasteiger partial charge < -0.3 is 19.5 Å². The van der Waals surface area contributed by atoms with Crippen LogP contribution in [0.2, 0.25) is 0 Å². The maximum absolute atomic E-state index is 12.6. The van der Waals surface area contributed by atoms with Gasteiger partial charge >= 0.3 is 6.36 Å². The zero-order valence-corrected chi connectivity index (χ0v) is 17.9. The first-order valence-electron chi connectivity index (χ1n) is 10.3. The minimum absolute atomic E-state index is 0.00280. The van der Waals surface area contributed by atoms with Gasteiger partial charge in [-0.1, -0.05) is 24.3 Å². The van der Waals surface area contributed by atoms with E-state index < -0.39 is 12.4 Å². The molecule has 1 aliphatic rings.